The maximum atomic E-state index is 13.0. The van der Waals surface area contributed by atoms with Crippen molar-refractivity contribution in [1.29, 1.82) is 0 Å². The van der Waals surface area contributed by atoms with Crippen molar-refractivity contribution < 1.29 is 14.7 Å². The van der Waals surface area contributed by atoms with Crippen LogP contribution in [0.2, 0.25) is 0 Å². The Balaban J connectivity index is 2.00. The summed E-state index contributed by atoms with van der Waals surface area (Å²) in [5.74, 6) is -0.0447. The van der Waals surface area contributed by atoms with Crippen molar-refractivity contribution in [3.63, 3.8) is 0 Å². The predicted octanol–water partition coefficient (Wildman–Crippen LogP) is 5.00. The number of aliphatic hydroxyl groups excluding tert-OH is 1. The fourth-order valence-corrected chi connectivity index (χ4v) is 3.55. The zero-order valence-electron chi connectivity index (χ0n) is 16.0. The standard InChI is InChI=1S/C23H25NO3/c1-4-27-24-23(17-8-6-5-7-9-17)22-20(25)13-18(14-21(22)26)19-12-15(2)10-11-16(19)3/h5-12,18,25H,4,13-14H2,1-3H3. The average Bonchev–Trinajstić information content (AvgIpc) is 2.66. The first-order chi connectivity index (χ1) is 13.0. The van der Waals surface area contributed by atoms with Gasteiger partial charge < -0.3 is 9.94 Å². The molecule has 0 aromatic heterocycles. The topological polar surface area (TPSA) is 58.9 Å². The molecule has 4 nitrogen and oxygen atoms in total. The number of benzene rings is 2. The number of aryl methyl sites for hydroxylation is 2. The van der Waals surface area contributed by atoms with E-state index < -0.39 is 0 Å². The minimum absolute atomic E-state index is 0.0229. The van der Waals surface area contributed by atoms with Gasteiger partial charge in [0.1, 0.15) is 18.1 Å². The van der Waals surface area contributed by atoms with Crippen LogP contribution in [0.5, 0.6) is 0 Å². The Hall–Kier alpha value is -2.88. The van der Waals surface area contributed by atoms with Crippen LogP contribution in [-0.4, -0.2) is 23.2 Å². The molecule has 140 valence electrons. The molecule has 1 atom stereocenters. The van der Waals surface area contributed by atoms with Crippen LogP contribution in [0.25, 0.3) is 0 Å². The molecule has 0 spiro atoms. The summed E-state index contributed by atoms with van der Waals surface area (Å²) in [5, 5.41) is 14.9. The highest BCUT2D eigenvalue weighted by atomic mass is 16.6. The number of carbonyl (C=O) groups excluding carboxylic acids is 1. The lowest BCUT2D eigenvalue weighted by Crippen LogP contribution is -2.25. The molecular weight excluding hydrogens is 338 g/mol. The molecule has 0 amide bonds. The normalized spacial score (nSPS) is 18.0. The Labute approximate surface area is 160 Å². The summed E-state index contributed by atoms with van der Waals surface area (Å²) in [5.41, 5.74) is 4.85. The van der Waals surface area contributed by atoms with Crippen molar-refractivity contribution in [1.82, 2.24) is 0 Å². The molecule has 0 bridgehead atoms. The monoisotopic (exact) mass is 363 g/mol. The number of oxime groups is 1. The van der Waals surface area contributed by atoms with Crippen LogP contribution in [0.1, 0.15) is 47.9 Å². The third-order valence-electron chi connectivity index (χ3n) is 4.88. The first kappa shape index (κ1) is 18.9. The number of Topliss-reactive ketones (excluding diaryl/α,β-unsaturated/α-hetero) is 1. The number of ketones is 1. The van der Waals surface area contributed by atoms with Gasteiger partial charge in [0, 0.05) is 18.4 Å². The van der Waals surface area contributed by atoms with E-state index in [1.54, 1.807) is 0 Å². The van der Waals surface area contributed by atoms with Gasteiger partial charge in [-0.15, -0.1) is 0 Å². The SMILES string of the molecule is CCON=C(C1=C(O)CC(c2cc(C)ccc2C)CC1=O)c1ccccc1. The van der Waals surface area contributed by atoms with Gasteiger partial charge in [-0.05, 0) is 37.8 Å². The summed E-state index contributed by atoms with van der Waals surface area (Å²) in [6.45, 7) is 6.31. The van der Waals surface area contributed by atoms with Crippen LogP contribution >= 0.6 is 0 Å². The molecule has 0 aliphatic heterocycles. The molecule has 0 radical (unpaired) electrons. The molecule has 2 aromatic carbocycles. The molecular formula is C23H25NO3. The van der Waals surface area contributed by atoms with Crippen LogP contribution in [0, 0.1) is 13.8 Å². The van der Waals surface area contributed by atoms with Crippen LogP contribution in [0.3, 0.4) is 0 Å². The minimum Gasteiger partial charge on any atom is -0.511 e. The smallest absolute Gasteiger partial charge is 0.169 e. The Morgan fingerprint density at radius 2 is 1.89 bits per heavy atom. The highest BCUT2D eigenvalue weighted by Gasteiger charge is 2.33. The highest BCUT2D eigenvalue weighted by Crippen LogP contribution is 2.36. The van der Waals surface area contributed by atoms with Crippen molar-refractivity contribution >= 4 is 11.5 Å². The second-order valence-corrected chi connectivity index (χ2v) is 6.93. The van der Waals surface area contributed by atoms with Gasteiger partial charge in [0.15, 0.2) is 5.78 Å². The zero-order chi connectivity index (χ0) is 19.4. The summed E-state index contributed by atoms with van der Waals surface area (Å²) in [7, 11) is 0. The van der Waals surface area contributed by atoms with Gasteiger partial charge in [0.25, 0.3) is 0 Å². The van der Waals surface area contributed by atoms with Crippen molar-refractivity contribution in [2.24, 2.45) is 5.16 Å². The fourth-order valence-electron chi connectivity index (χ4n) is 3.55. The van der Waals surface area contributed by atoms with E-state index in [9.17, 15) is 9.90 Å². The quantitative estimate of drug-likeness (QED) is 0.600. The number of carbonyl (C=O) groups is 1. The Morgan fingerprint density at radius 1 is 1.15 bits per heavy atom. The van der Waals surface area contributed by atoms with E-state index >= 15 is 0 Å². The summed E-state index contributed by atoms with van der Waals surface area (Å²) < 4.78 is 0. The van der Waals surface area contributed by atoms with Crippen molar-refractivity contribution in [2.75, 3.05) is 6.61 Å². The second kappa shape index (κ2) is 8.21. The molecule has 1 aliphatic carbocycles. The van der Waals surface area contributed by atoms with Gasteiger partial charge in [0.2, 0.25) is 0 Å². The Kier molecular flexibility index (Phi) is 5.75. The summed E-state index contributed by atoms with van der Waals surface area (Å²) in [6, 6.07) is 15.6. The van der Waals surface area contributed by atoms with Crippen molar-refractivity contribution in [3.05, 3.63) is 82.1 Å². The van der Waals surface area contributed by atoms with Gasteiger partial charge in [-0.3, -0.25) is 4.79 Å². The number of rotatable bonds is 5. The van der Waals surface area contributed by atoms with Crippen molar-refractivity contribution in [2.45, 2.75) is 39.5 Å². The molecule has 1 unspecified atom stereocenters. The van der Waals surface area contributed by atoms with Gasteiger partial charge in [-0.1, -0.05) is 59.3 Å². The molecule has 1 aliphatic rings. The largest absolute Gasteiger partial charge is 0.511 e. The van der Waals surface area contributed by atoms with Gasteiger partial charge in [-0.2, -0.15) is 0 Å². The lowest BCUT2D eigenvalue weighted by molar-refractivity contribution is -0.116. The lowest BCUT2D eigenvalue weighted by atomic mass is 9.79. The van der Waals surface area contributed by atoms with E-state index in [2.05, 4.69) is 23.4 Å². The third-order valence-corrected chi connectivity index (χ3v) is 4.88. The number of aliphatic hydroxyl groups is 1. The maximum absolute atomic E-state index is 13.0. The number of allylic oxidation sites excluding steroid dienone is 2. The van der Waals surface area contributed by atoms with Crippen LogP contribution < -0.4 is 0 Å². The predicted molar refractivity (Wildman–Crippen MR) is 107 cm³/mol. The zero-order valence-corrected chi connectivity index (χ0v) is 16.0. The number of hydrogen-bond donors (Lipinski definition) is 1. The van der Waals surface area contributed by atoms with E-state index in [4.69, 9.17) is 4.84 Å². The first-order valence-electron chi connectivity index (χ1n) is 9.29. The van der Waals surface area contributed by atoms with Gasteiger partial charge in [-0.25, -0.2) is 0 Å². The lowest BCUT2D eigenvalue weighted by Gasteiger charge is -2.26. The molecule has 2 aromatic rings. The highest BCUT2D eigenvalue weighted by molar-refractivity contribution is 6.29. The molecule has 27 heavy (non-hydrogen) atoms. The molecule has 1 N–H and O–H groups in total. The first-order valence-corrected chi connectivity index (χ1v) is 9.29. The third kappa shape index (κ3) is 4.11. The summed E-state index contributed by atoms with van der Waals surface area (Å²) >= 11 is 0. The molecule has 3 rings (SSSR count). The second-order valence-electron chi connectivity index (χ2n) is 6.93. The molecule has 0 saturated carbocycles. The van der Waals surface area contributed by atoms with E-state index in [1.807, 2.05) is 51.1 Å². The maximum Gasteiger partial charge on any atom is 0.169 e. The molecule has 0 saturated heterocycles. The Morgan fingerprint density at radius 3 is 2.56 bits per heavy atom. The number of hydrogen-bond acceptors (Lipinski definition) is 4. The summed E-state index contributed by atoms with van der Waals surface area (Å²) in [4.78, 5) is 18.2. The van der Waals surface area contributed by atoms with E-state index in [0.29, 0.717) is 25.2 Å². The van der Waals surface area contributed by atoms with Crippen LogP contribution in [0.4, 0.5) is 0 Å². The van der Waals surface area contributed by atoms with Crippen molar-refractivity contribution in [3.8, 4) is 0 Å². The van der Waals surface area contributed by atoms with Gasteiger partial charge >= 0.3 is 0 Å². The fraction of sp³-hybridized carbons (Fsp3) is 0.304. The average molecular weight is 363 g/mol. The molecule has 0 heterocycles. The Bertz CT molecular complexity index is 897. The van der Waals surface area contributed by atoms with E-state index in [0.717, 1.165) is 22.3 Å². The molecule has 0 fully saturated rings. The van der Waals surface area contributed by atoms with Crippen LogP contribution in [-0.2, 0) is 9.63 Å². The van der Waals surface area contributed by atoms with E-state index in [1.165, 1.54) is 0 Å². The van der Waals surface area contributed by atoms with Crippen LogP contribution in [0.15, 0.2) is 65.0 Å². The van der Waals surface area contributed by atoms with E-state index in [-0.39, 0.29) is 23.0 Å². The summed E-state index contributed by atoms with van der Waals surface area (Å²) in [6.07, 6.45) is 0.769. The van der Waals surface area contributed by atoms with Gasteiger partial charge in [0.05, 0.1) is 5.57 Å². The molecule has 4 heteroatoms. The minimum atomic E-state index is -0.105. The number of nitrogens with zero attached hydrogens (tertiary/aromatic N) is 1.